The van der Waals surface area contributed by atoms with Crippen molar-refractivity contribution >= 4 is 24.6 Å². The third-order valence-corrected chi connectivity index (χ3v) is 3.04. The lowest BCUT2D eigenvalue weighted by atomic mass is 10.1. The summed E-state index contributed by atoms with van der Waals surface area (Å²) in [5.41, 5.74) is 4.01. The molecule has 6 nitrogen and oxygen atoms in total. The molecule has 0 spiro atoms. The number of hydrazone groups is 2. The van der Waals surface area contributed by atoms with Crippen LogP contribution in [0.2, 0.25) is 0 Å². The molecule has 96 valence electrons. The number of nitrogens with one attached hydrogen (secondary N) is 1. The number of fused-ring (bicyclic) bond motifs is 1. The summed E-state index contributed by atoms with van der Waals surface area (Å²) in [6.07, 6.45) is 5.14. The van der Waals surface area contributed by atoms with Gasteiger partial charge in [0.25, 0.3) is 0 Å². The minimum absolute atomic E-state index is 0.00748. The molecule has 0 bridgehead atoms. The third kappa shape index (κ3) is 2.37. The average molecular weight is 254 g/mol. The summed E-state index contributed by atoms with van der Waals surface area (Å²) in [4.78, 5) is 8.51. The Bertz CT molecular complexity index is 560. The minimum atomic E-state index is -0.00748. The highest BCUT2D eigenvalue weighted by molar-refractivity contribution is 6.03. The zero-order chi connectivity index (χ0) is 13.1. The van der Waals surface area contributed by atoms with Crippen molar-refractivity contribution in [3.05, 3.63) is 35.9 Å². The zero-order valence-electron chi connectivity index (χ0n) is 10.5. The van der Waals surface area contributed by atoms with Crippen molar-refractivity contribution in [1.82, 2.24) is 10.4 Å². The number of hydrogen-bond acceptors (Lipinski definition) is 6. The largest absolute Gasteiger partial charge is 0.275 e. The van der Waals surface area contributed by atoms with Gasteiger partial charge in [-0.25, -0.2) is 9.98 Å². The highest BCUT2D eigenvalue weighted by Crippen LogP contribution is 2.19. The molecule has 0 aromatic heterocycles. The minimum Gasteiger partial charge on any atom is -0.275 e. The summed E-state index contributed by atoms with van der Waals surface area (Å²) >= 11 is 0. The van der Waals surface area contributed by atoms with Crippen LogP contribution in [0.15, 0.2) is 50.5 Å². The fourth-order valence-corrected chi connectivity index (χ4v) is 2.02. The number of amidine groups is 1. The second-order valence-corrected chi connectivity index (χ2v) is 4.34. The Kier molecular flexibility index (Phi) is 3.06. The lowest BCUT2D eigenvalue weighted by Gasteiger charge is -2.23. The molecule has 0 radical (unpaired) electrons. The van der Waals surface area contributed by atoms with E-state index in [0.29, 0.717) is 0 Å². The number of benzene rings is 1. The van der Waals surface area contributed by atoms with E-state index in [2.05, 4.69) is 25.6 Å². The van der Waals surface area contributed by atoms with Crippen LogP contribution in [0.3, 0.4) is 0 Å². The van der Waals surface area contributed by atoms with Crippen molar-refractivity contribution < 1.29 is 0 Å². The van der Waals surface area contributed by atoms with Crippen LogP contribution >= 0.6 is 0 Å². The first kappa shape index (κ1) is 11.6. The highest BCUT2D eigenvalue weighted by atomic mass is 15.5. The van der Waals surface area contributed by atoms with Gasteiger partial charge in [-0.15, -0.1) is 0 Å². The summed E-state index contributed by atoms with van der Waals surface area (Å²) in [5, 5.41) is 10.2. The van der Waals surface area contributed by atoms with Crippen LogP contribution in [0.5, 0.6) is 0 Å². The molecule has 0 aliphatic carbocycles. The normalized spacial score (nSPS) is 24.7. The van der Waals surface area contributed by atoms with Gasteiger partial charge in [0.05, 0.1) is 12.1 Å². The molecule has 0 amide bonds. The summed E-state index contributed by atoms with van der Waals surface area (Å²) in [5.74, 6) is 0.809. The van der Waals surface area contributed by atoms with Crippen LogP contribution in [0.4, 0.5) is 0 Å². The molecule has 2 aliphatic rings. The maximum absolute atomic E-state index is 4.29. The topological polar surface area (TPSA) is 64.7 Å². The van der Waals surface area contributed by atoms with Gasteiger partial charge in [-0.1, -0.05) is 30.3 Å². The lowest BCUT2D eigenvalue weighted by molar-refractivity contribution is 0.274. The van der Waals surface area contributed by atoms with E-state index in [1.165, 1.54) is 0 Å². The van der Waals surface area contributed by atoms with Crippen LogP contribution in [-0.4, -0.2) is 42.8 Å². The van der Waals surface area contributed by atoms with E-state index in [0.717, 1.165) is 11.4 Å². The van der Waals surface area contributed by atoms with Gasteiger partial charge >= 0.3 is 0 Å². The summed E-state index contributed by atoms with van der Waals surface area (Å²) in [6.45, 7) is 0. The highest BCUT2D eigenvalue weighted by Gasteiger charge is 2.33. The van der Waals surface area contributed by atoms with E-state index in [1.807, 2.05) is 48.6 Å². The number of nitrogens with zero attached hydrogens (tertiary/aromatic N) is 5. The zero-order valence-corrected chi connectivity index (χ0v) is 10.5. The molecule has 0 saturated carbocycles. The maximum Gasteiger partial charge on any atom is 0.153 e. The van der Waals surface area contributed by atoms with Crippen molar-refractivity contribution in [2.24, 2.45) is 26.1 Å². The molecule has 1 aromatic rings. The van der Waals surface area contributed by atoms with E-state index >= 15 is 0 Å². The Morgan fingerprint density at radius 1 is 1.32 bits per heavy atom. The molecule has 1 N–H and O–H groups in total. The molecule has 0 fully saturated rings. The van der Waals surface area contributed by atoms with Crippen LogP contribution in [-0.2, 0) is 0 Å². The Hall–Kier alpha value is -2.50. The fourth-order valence-electron chi connectivity index (χ4n) is 2.02. The molecular weight excluding hydrogens is 240 g/mol. The first-order valence-electron chi connectivity index (χ1n) is 6.05. The van der Waals surface area contributed by atoms with Crippen LogP contribution in [0.1, 0.15) is 5.56 Å². The predicted octanol–water partition coefficient (Wildman–Crippen LogP) is 0.924. The van der Waals surface area contributed by atoms with Gasteiger partial charge in [0.2, 0.25) is 0 Å². The fraction of sp³-hybridized carbons (Fsp3) is 0.231. The molecule has 2 aliphatic heterocycles. The SMILES string of the molecule is CN1N=CC2C(N/N=C/c3ccccc3)=NC=NC21. The van der Waals surface area contributed by atoms with Crippen molar-refractivity contribution in [2.75, 3.05) is 7.05 Å². The number of rotatable bonds is 2. The van der Waals surface area contributed by atoms with Crippen LogP contribution < -0.4 is 5.43 Å². The molecule has 2 atom stereocenters. The summed E-state index contributed by atoms with van der Waals surface area (Å²) in [6, 6.07) is 9.90. The van der Waals surface area contributed by atoms with Gasteiger partial charge in [-0.2, -0.15) is 10.2 Å². The molecule has 6 heteroatoms. The second kappa shape index (κ2) is 5.01. The first-order chi connectivity index (χ1) is 9.34. The number of hydrogen-bond donors (Lipinski definition) is 1. The van der Waals surface area contributed by atoms with E-state index < -0.39 is 0 Å². The lowest BCUT2D eigenvalue weighted by Crippen LogP contribution is -2.40. The second-order valence-electron chi connectivity index (χ2n) is 4.34. The van der Waals surface area contributed by atoms with E-state index in [1.54, 1.807) is 12.6 Å². The predicted molar refractivity (Wildman–Crippen MR) is 76.6 cm³/mol. The van der Waals surface area contributed by atoms with Gasteiger partial charge in [0.1, 0.15) is 12.2 Å². The maximum atomic E-state index is 4.29. The molecule has 3 rings (SSSR count). The molecule has 2 unspecified atom stereocenters. The molecular formula is C13H14N6. The van der Waals surface area contributed by atoms with Crippen molar-refractivity contribution in [3.8, 4) is 0 Å². The Morgan fingerprint density at radius 2 is 2.16 bits per heavy atom. The van der Waals surface area contributed by atoms with Crippen LogP contribution in [0.25, 0.3) is 0 Å². The quantitative estimate of drug-likeness (QED) is 0.630. The monoisotopic (exact) mass is 254 g/mol. The van der Waals surface area contributed by atoms with E-state index in [-0.39, 0.29) is 12.1 Å². The van der Waals surface area contributed by atoms with E-state index in [4.69, 9.17) is 0 Å². The smallest absolute Gasteiger partial charge is 0.153 e. The standard InChI is InChI=1S/C13H14N6/c1-19-13-11(8-17-19)12(14-9-15-13)18-16-7-10-5-3-2-4-6-10/h2-9,11,13H,1H3,(H,14,15,18)/b16-7+. The average Bonchev–Trinajstić information content (AvgIpc) is 2.83. The van der Waals surface area contributed by atoms with E-state index in [9.17, 15) is 0 Å². The van der Waals surface area contributed by atoms with Gasteiger partial charge in [0.15, 0.2) is 6.17 Å². The Morgan fingerprint density at radius 3 is 3.00 bits per heavy atom. The molecule has 1 aromatic carbocycles. The van der Waals surface area contributed by atoms with Crippen molar-refractivity contribution in [3.63, 3.8) is 0 Å². The third-order valence-electron chi connectivity index (χ3n) is 3.04. The van der Waals surface area contributed by atoms with Gasteiger partial charge < -0.3 is 0 Å². The van der Waals surface area contributed by atoms with Crippen molar-refractivity contribution in [1.29, 1.82) is 0 Å². The Balaban J connectivity index is 1.67. The summed E-state index contributed by atoms with van der Waals surface area (Å²) < 4.78 is 0. The van der Waals surface area contributed by atoms with Crippen molar-refractivity contribution in [2.45, 2.75) is 6.17 Å². The van der Waals surface area contributed by atoms with Crippen LogP contribution in [0, 0.1) is 5.92 Å². The number of aliphatic imine (C=N–C) groups is 2. The Labute approximate surface area is 111 Å². The van der Waals surface area contributed by atoms with Gasteiger partial charge in [-0.05, 0) is 5.56 Å². The van der Waals surface area contributed by atoms with Gasteiger partial charge in [-0.3, -0.25) is 10.4 Å². The molecule has 19 heavy (non-hydrogen) atoms. The molecule has 2 heterocycles. The summed E-state index contributed by atoms with van der Waals surface area (Å²) in [7, 11) is 1.90. The first-order valence-corrected chi connectivity index (χ1v) is 6.05. The van der Waals surface area contributed by atoms with Gasteiger partial charge in [0, 0.05) is 13.3 Å². The molecule has 0 saturated heterocycles.